The molecule has 0 aliphatic rings. The summed E-state index contributed by atoms with van der Waals surface area (Å²) < 4.78 is 0. The average Bonchev–Trinajstić information content (AvgIpc) is 1.62. The Bertz CT molecular complexity index is 4130. The molecule has 35 nitrogen and oxygen atoms in total. The molecule has 0 radical (unpaired) electrons. The zero-order valence-electron chi connectivity index (χ0n) is 61.8. The number of guanidine groups is 3. The molecule has 586 valence electrons. The zero-order chi connectivity index (χ0) is 79.3. The van der Waals surface area contributed by atoms with Gasteiger partial charge in [-0.1, -0.05) is 103 Å². The van der Waals surface area contributed by atoms with Gasteiger partial charge in [0.1, 0.15) is 54.4 Å². The number of hydrogen-bond donors (Lipinski definition) is 24. The van der Waals surface area contributed by atoms with E-state index in [1.54, 1.807) is 70.6 Å². The summed E-state index contributed by atoms with van der Waals surface area (Å²) in [4.78, 5) is 166. The predicted molar refractivity (Wildman–Crippen MR) is 409 cm³/mol. The number of para-hydroxylation sites is 3. The lowest BCUT2D eigenvalue weighted by molar-refractivity contribution is -0.142. The molecule has 11 atom stereocenters. The Morgan fingerprint density at radius 2 is 0.750 bits per heavy atom. The molecule has 0 aliphatic heterocycles. The topological polar surface area (TPSA) is 601 Å². The van der Waals surface area contributed by atoms with Crippen LogP contribution >= 0.6 is 0 Å². The standard InChI is InChI=1S/C73H107N23O12/c1-7-40(6)60(96-67(104)57(34-43-37-87-50-22-13-10-19-46(43)50)93-68(105)59(39(4)5)95-66(103)55(31-38(2)3)92-61(98)47(74)32-41-35-85-48-20-11-8-17-44(41)48)69(106)94-56(33-42-36-86-49-21-12-9-18-45(42)49)65(102)89-52(24-15-29-83-72(78)79)62(99)88-51(23-14-28-82-71(76)77)63(100)90-53(26-27-58(75)97)64(101)91-54(70(107)108)25-16-30-84-73(80)81/h8-13,17-22,35-40,47,51-57,59-60,85-87H,7,14-16,23-34,74H2,1-6H3,(H2,75,97)(H,88,99)(H,89,102)(H,90,100)(H,91,101)(H,92,98)(H,93,105)(H,94,106)(H,95,103)(H,96,104)(H,107,108)(H4,76,77,82)(H4,78,79,83)(H4,80,81,84)/t40-,47-,51-,52-,53-,54-,55-,56-,57-,59-,60-/m0/s1. The Labute approximate surface area is 625 Å². The molecule has 0 saturated carbocycles. The van der Waals surface area contributed by atoms with E-state index in [-0.39, 0.29) is 102 Å². The molecule has 0 aliphatic carbocycles. The van der Waals surface area contributed by atoms with E-state index < -0.39 is 162 Å². The van der Waals surface area contributed by atoms with Gasteiger partial charge in [-0.25, -0.2) is 4.79 Å². The van der Waals surface area contributed by atoms with E-state index in [0.29, 0.717) is 22.0 Å². The van der Waals surface area contributed by atoms with Crippen LogP contribution in [0.3, 0.4) is 0 Å². The molecule has 108 heavy (non-hydrogen) atoms. The molecular formula is C73H107N23O12. The van der Waals surface area contributed by atoms with Crippen molar-refractivity contribution in [1.29, 1.82) is 16.2 Å². The molecule has 6 aromatic rings. The molecule has 0 fully saturated rings. The van der Waals surface area contributed by atoms with Crippen molar-refractivity contribution in [3.8, 4) is 0 Å². The Balaban J connectivity index is 1.30. The second-order valence-electron chi connectivity index (χ2n) is 27.7. The molecule has 29 N–H and O–H groups in total. The van der Waals surface area contributed by atoms with E-state index in [4.69, 9.17) is 44.9 Å². The number of carboxylic acid groups (broad SMARTS) is 1. The van der Waals surface area contributed by atoms with Gasteiger partial charge in [-0.05, 0) is 110 Å². The molecule has 35 heteroatoms. The summed E-state index contributed by atoms with van der Waals surface area (Å²) in [7, 11) is 0. The van der Waals surface area contributed by atoms with E-state index in [1.807, 2.05) is 62.4 Å². The lowest BCUT2D eigenvalue weighted by Crippen LogP contribution is -2.62. The highest BCUT2D eigenvalue weighted by molar-refractivity contribution is 6.00. The quantitative estimate of drug-likeness (QED) is 0.0133. The highest BCUT2D eigenvalue weighted by Gasteiger charge is 2.38. The zero-order valence-corrected chi connectivity index (χ0v) is 61.8. The lowest BCUT2D eigenvalue weighted by Gasteiger charge is -2.30. The van der Waals surface area contributed by atoms with E-state index >= 15 is 14.4 Å². The van der Waals surface area contributed by atoms with Crippen molar-refractivity contribution in [3.05, 3.63) is 108 Å². The number of primary amides is 1. The smallest absolute Gasteiger partial charge is 0.326 e. The molecule has 6 rings (SSSR count). The fourth-order valence-corrected chi connectivity index (χ4v) is 12.4. The summed E-state index contributed by atoms with van der Waals surface area (Å²) in [5.41, 5.74) is 32.7. The lowest BCUT2D eigenvalue weighted by atomic mass is 9.95. The van der Waals surface area contributed by atoms with Gasteiger partial charge in [-0.3, -0.25) is 64.2 Å². The van der Waals surface area contributed by atoms with Crippen LogP contribution in [0.25, 0.3) is 32.7 Å². The fraction of sp³-hybridized carbons (Fsp3) is 0.479. The second kappa shape index (κ2) is 41.8. The number of carbonyl (C=O) groups is 11. The number of hydrogen-bond acceptors (Lipinski definition) is 15. The normalized spacial score (nSPS) is 14.4. The number of aromatic amines is 3. The Hall–Kier alpha value is -11.8. The van der Waals surface area contributed by atoms with Gasteiger partial charge >= 0.3 is 5.97 Å². The average molecular weight is 1500 g/mol. The van der Waals surface area contributed by atoms with Gasteiger partial charge < -0.3 is 113 Å². The van der Waals surface area contributed by atoms with Crippen LogP contribution in [0.1, 0.15) is 122 Å². The number of H-pyrrole nitrogens is 3. The van der Waals surface area contributed by atoms with Crippen molar-refractivity contribution >= 4 is 116 Å². The number of carboxylic acids is 1. The molecule has 0 bridgehead atoms. The van der Waals surface area contributed by atoms with E-state index in [1.165, 1.54) is 0 Å². The first-order valence-electron chi connectivity index (χ1n) is 36.2. The third-order valence-electron chi connectivity index (χ3n) is 18.4. The van der Waals surface area contributed by atoms with Crippen LogP contribution in [0, 0.1) is 34.0 Å². The minimum absolute atomic E-state index is 0.00887. The van der Waals surface area contributed by atoms with Gasteiger partial charge in [0.2, 0.25) is 59.1 Å². The minimum Gasteiger partial charge on any atom is -0.480 e. The van der Waals surface area contributed by atoms with Crippen LogP contribution in [-0.2, 0) is 72.0 Å². The Kier molecular flexibility index (Phi) is 33.0. The third kappa shape index (κ3) is 26.4. The van der Waals surface area contributed by atoms with Crippen LogP contribution in [0.2, 0.25) is 0 Å². The van der Waals surface area contributed by atoms with Crippen LogP contribution < -0.4 is 92.5 Å². The molecular weight excluding hydrogens is 1390 g/mol. The first-order valence-corrected chi connectivity index (χ1v) is 36.2. The monoisotopic (exact) mass is 1500 g/mol. The largest absolute Gasteiger partial charge is 0.480 e. The highest BCUT2D eigenvalue weighted by atomic mass is 16.4. The molecule has 0 spiro atoms. The highest BCUT2D eigenvalue weighted by Crippen LogP contribution is 2.24. The number of carbonyl (C=O) groups excluding carboxylic acids is 10. The second-order valence-corrected chi connectivity index (χ2v) is 27.7. The third-order valence-corrected chi connectivity index (χ3v) is 18.4. The maximum absolute atomic E-state index is 15.3. The van der Waals surface area contributed by atoms with Crippen molar-refractivity contribution in [1.82, 2.24) is 78.8 Å². The summed E-state index contributed by atoms with van der Waals surface area (Å²) in [6.07, 6.45) is 4.23. The van der Waals surface area contributed by atoms with Gasteiger partial charge in [-0.15, -0.1) is 0 Å². The summed E-state index contributed by atoms with van der Waals surface area (Å²) in [6.45, 7) is 10.7. The Morgan fingerprint density at radius 3 is 1.14 bits per heavy atom. The van der Waals surface area contributed by atoms with Crippen LogP contribution in [0.5, 0.6) is 0 Å². The van der Waals surface area contributed by atoms with Crippen LogP contribution in [-0.4, -0.2) is 183 Å². The van der Waals surface area contributed by atoms with E-state index in [0.717, 1.165) is 27.4 Å². The number of nitrogens with one attached hydrogen (secondary N) is 18. The van der Waals surface area contributed by atoms with Gasteiger partial charge in [0, 0.05) is 90.2 Å². The number of nitrogens with two attached hydrogens (primary N) is 5. The summed E-state index contributed by atoms with van der Waals surface area (Å²) in [5.74, 6) is -12.4. The molecule has 10 amide bonds. The van der Waals surface area contributed by atoms with Crippen molar-refractivity contribution in [2.24, 2.45) is 46.4 Å². The van der Waals surface area contributed by atoms with Gasteiger partial charge in [0.25, 0.3) is 0 Å². The summed E-state index contributed by atoms with van der Waals surface area (Å²) in [5, 5.41) is 67.5. The molecule has 3 aromatic heterocycles. The summed E-state index contributed by atoms with van der Waals surface area (Å²) >= 11 is 0. The fourth-order valence-electron chi connectivity index (χ4n) is 12.4. The number of aromatic nitrogens is 3. The number of rotatable bonds is 45. The number of benzene rings is 3. The molecule has 3 heterocycles. The van der Waals surface area contributed by atoms with Gasteiger partial charge in [-0.2, -0.15) is 0 Å². The van der Waals surface area contributed by atoms with Crippen molar-refractivity contribution in [2.75, 3.05) is 19.6 Å². The maximum Gasteiger partial charge on any atom is 0.326 e. The first kappa shape index (κ1) is 85.2. The van der Waals surface area contributed by atoms with E-state index in [2.05, 4.69) is 78.8 Å². The number of aliphatic carboxylic acids is 1. The molecule has 0 unspecified atom stereocenters. The molecule has 0 saturated heterocycles. The first-order chi connectivity index (χ1) is 51.3. The Morgan fingerprint density at radius 1 is 0.417 bits per heavy atom. The predicted octanol–water partition coefficient (Wildman–Crippen LogP) is -0.263. The van der Waals surface area contributed by atoms with Gasteiger partial charge in [0.15, 0.2) is 17.9 Å². The maximum atomic E-state index is 15.3. The van der Waals surface area contributed by atoms with Crippen molar-refractivity contribution < 1.29 is 57.8 Å². The minimum atomic E-state index is -1.60. The summed E-state index contributed by atoms with van der Waals surface area (Å²) in [6, 6.07) is 7.99. The number of amides is 10. The van der Waals surface area contributed by atoms with Gasteiger partial charge in [0.05, 0.1) is 6.04 Å². The number of fused-ring (bicyclic) bond motifs is 3. The molecule has 3 aromatic carbocycles. The van der Waals surface area contributed by atoms with Crippen LogP contribution in [0.15, 0.2) is 91.4 Å². The van der Waals surface area contributed by atoms with Crippen LogP contribution in [0.4, 0.5) is 0 Å². The van der Waals surface area contributed by atoms with Crippen molar-refractivity contribution in [2.45, 2.75) is 185 Å². The SMILES string of the molecule is CC[C@H](C)[C@H](NC(=O)[C@H](Cc1c[nH]c2ccccc12)NC(=O)[C@@H](NC(=O)[C@H](CC(C)C)NC(=O)[C@@H](N)Cc1c[nH]c2ccccc12)C(C)C)C(=O)N[C@@H](Cc1c[nH]c2ccccc12)C(=O)N[C@@H](CCCNC(=N)N)C(=O)N[C@@H](CCCNC(=N)N)C(=O)N[C@@H](CCC(N)=O)C(=O)N[C@@H](CCCNC(=N)N)C(=O)O. The van der Waals surface area contributed by atoms with Crippen molar-refractivity contribution in [3.63, 3.8) is 0 Å². The van der Waals surface area contributed by atoms with E-state index in [9.17, 15) is 43.5 Å².